The van der Waals surface area contributed by atoms with Gasteiger partial charge in [-0.25, -0.2) is 0 Å². The maximum atomic E-state index is 6.05. The molecule has 4 nitrogen and oxygen atoms in total. The van der Waals surface area contributed by atoms with Crippen LogP contribution in [0.1, 0.15) is 18.1 Å². The van der Waals surface area contributed by atoms with Crippen LogP contribution in [-0.2, 0) is 0 Å². The second-order valence-corrected chi connectivity index (χ2v) is 4.75. The van der Waals surface area contributed by atoms with Gasteiger partial charge >= 0.3 is 0 Å². The van der Waals surface area contributed by atoms with E-state index in [0.717, 1.165) is 11.1 Å². The molecule has 0 amide bonds. The van der Waals surface area contributed by atoms with Crippen LogP contribution in [-0.4, -0.2) is 20.2 Å². The number of hydrogen-bond acceptors (Lipinski definition) is 3. The Morgan fingerprint density at radius 3 is 2.67 bits per heavy atom. The number of tetrazole rings is 1. The van der Waals surface area contributed by atoms with Gasteiger partial charge < -0.3 is 0 Å². The van der Waals surface area contributed by atoms with E-state index in [1.54, 1.807) is 4.68 Å². The highest BCUT2D eigenvalue weighted by Crippen LogP contribution is 2.22. The molecule has 90 valence electrons. The Morgan fingerprint density at radius 2 is 1.89 bits per heavy atom. The van der Waals surface area contributed by atoms with Crippen molar-refractivity contribution >= 4 is 22.4 Å². The zero-order chi connectivity index (χ0) is 12.5. The molecule has 1 unspecified atom stereocenters. The Balaban J connectivity index is 2.16. The van der Waals surface area contributed by atoms with Crippen LogP contribution in [0.15, 0.2) is 42.5 Å². The van der Waals surface area contributed by atoms with E-state index in [1.165, 1.54) is 5.39 Å². The van der Waals surface area contributed by atoms with Crippen LogP contribution in [0.5, 0.6) is 0 Å². The molecule has 1 heterocycles. The van der Waals surface area contributed by atoms with E-state index in [2.05, 4.69) is 39.8 Å². The maximum absolute atomic E-state index is 6.05. The van der Waals surface area contributed by atoms with E-state index in [-0.39, 0.29) is 5.38 Å². The predicted octanol–water partition coefficient (Wildman–Crippen LogP) is 3.12. The highest BCUT2D eigenvalue weighted by Gasteiger charge is 2.13. The van der Waals surface area contributed by atoms with Crippen molar-refractivity contribution < 1.29 is 0 Å². The van der Waals surface area contributed by atoms with Gasteiger partial charge in [0.2, 0.25) is 0 Å². The monoisotopic (exact) mass is 258 g/mol. The van der Waals surface area contributed by atoms with Crippen LogP contribution < -0.4 is 0 Å². The molecule has 18 heavy (non-hydrogen) atoms. The van der Waals surface area contributed by atoms with Gasteiger partial charge in [-0.2, -0.15) is 4.68 Å². The van der Waals surface area contributed by atoms with Gasteiger partial charge in [0, 0.05) is 0 Å². The first-order valence-electron chi connectivity index (χ1n) is 5.67. The van der Waals surface area contributed by atoms with Crippen molar-refractivity contribution in [2.45, 2.75) is 12.3 Å². The Hall–Kier alpha value is -1.94. The number of halogens is 1. The van der Waals surface area contributed by atoms with Crippen molar-refractivity contribution in [1.82, 2.24) is 20.2 Å². The zero-order valence-electron chi connectivity index (χ0n) is 9.79. The van der Waals surface area contributed by atoms with E-state index >= 15 is 0 Å². The molecule has 0 bridgehead atoms. The third-order valence-electron chi connectivity index (χ3n) is 2.83. The highest BCUT2D eigenvalue weighted by molar-refractivity contribution is 6.20. The fourth-order valence-corrected chi connectivity index (χ4v) is 2.07. The SMILES string of the molecule is CC(Cl)c1nnnn1-c1ccc2ccccc2c1. The topological polar surface area (TPSA) is 43.6 Å². The van der Waals surface area contributed by atoms with E-state index in [9.17, 15) is 0 Å². The van der Waals surface area contributed by atoms with Crippen molar-refractivity contribution in [2.75, 3.05) is 0 Å². The number of alkyl halides is 1. The summed E-state index contributed by atoms with van der Waals surface area (Å²) in [5.41, 5.74) is 0.918. The normalized spacial score (nSPS) is 12.8. The maximum Gasteiger partial charge on any atom is 0.174 e. The number of nitrogens with zero attached hydrogens (tertiary/aromatic N) is 4. The van der Waals surface area contributed by atoms with Gasteiger partial charge in [-0.05, 0) is 40.3 Å². The summed E-state index contributed by atoms with van der Waals surface area (Å²) in [7, 11) is 0. The molecule has 1 atom stereocenters. The largest absolute Gasteiger partial charge is 0.196 e. The van der Waals surface area contributed by atoms with Crippen molar-refractivity contribution in [3.8, 4) is 5.69 Å². The summed E-state index contributed by atoms with van der Waals surface area (Å²) < 4.78 is 1.67. The molecular formula is C13H11ClN4. The van der Waals surface area contributed by atoms with Gasteiger partial charge in [-0.15, -0.1) is 16.7 Å². The van der Waals surface area contributed by atoms with Gasteiger partial charge in [0.15, 0.2) is 5.82 Å². The van der Waals surface area contributed by atoms with Gasteiger partial charge in [0.25, 0.3) is 0 Å². The van der Waals surface area contributed by atoms with Crippen LogP contribution in [0.2, 0.25) is 0 Å². The van der Waals surface area contributed by atoms with Crippen LogP contribution in [0.3, 0.4) is 0 Å². The first-order valence-corrected chi connectivity index (χ1v) is 6.11. The van der Waals surface area contributed by atoms with Crippen LogP contribution in [0.4, 0.5) is 0 Å². The summed E-state index contributed by atoms with van der Waals surface area (Å²) in [4.78, 5) is 0. The van der Waals surface area contributed by atoms with Gasteiger partial charge in [0.05, 0.1) is 11.1 Å². The minimum Gasteiger partial charge on any atom is -0.196 e. The summed E-state index contributed by atoms with van der Waals surface area (Å²) in [6.07, 6.45) is 0. The van der Waals surface area contributed by atoms with Crippen LogP contribution in [0.25, 0.3) is 16.5 Å². The Labute approximate surface area is 109 Å². The number of benzene rings is 2. The fraction of sp³-hybridized carbons (Fsp3) is 0.154. The summed E-state index contributed by atoms with van der Waals surface area (Å²) >= 11 is 6.05. The summed E-state index contributed by atoms with van der Waals surface area (Å²) in [5.74, 6) is 0.645. The molecule has 0 aliphatic carbocycles. The lowest BCUT2D eigenvalue weighted by Gasteiger charge is -2.06. The standard InChI is InChI=1S/C13H11ClN4/c1-9(14)13-15-16-17-18(13)12-7-6-10-4-2-3-5-11(10)8-12/h2-9H,1H3. The fourth-order valence-electron chi connectivity index (χ4n) is 1.93. The molecule has 3 rings (SSSR count). The molecule has 0 radical (unpaired) electrons. The molecule has 0 fully saturated rings. The van der Waals surface area contributed by atoms with E-state index in [1.807, 2.05) is 25.1 Å². The average Bonchev–Trinajstić information content (AvgIpc) is 2.87. The summed E-state index contributed by atoms with van der Waals surface area (Å²) in [6.45, 7) is 1.85. The number of aromatic nitrogens is 4. The predicted molar refractivity (Wildman–Crippen MR) is 70.9 cm³/mol. The van der Waals surface area contributed by atoms with Crippen molar-refractivity contribution in [3.05, 3.63) is 48.3 Å². The van der Waals surface area contributed by atoms with Crippen molar-refractivity contribution in [2.24, 2.45) is 0 Å². The molecule has 3 aromatic rings. The Morgan fingerprint density at radius 1 is 1.11 bits per heavy atom. The quantitative estimate of drug-likeness (QED) is 0.664. The lowest BCUT2D eigenvalue weighted by Crippen LogP contribution is -2.03. The average molecular weight is 259 g/mol. The van der Waals surface area contributed by atoms with E-state index in [4.69, 9.17) is 11.6 Å². The van der Waals surface area contributed by atoms with Gasteiger partial charge in [0.1, 0.15) is 0 Å². The minimum absolute atomic E-state index is 0.230. The van der Waals surface area contributed by atoms with Crippen molar-refractivity contribution in [1.29, 1.82) is 0 Å². The second-order valence-electron chi connectivity index (χ2n) is 4.10. The third kappa shape index (κ3) is 1.84. The molecule has 5 heteroatoms. The Kier molecular flexibility index (Phi) is 2.72. The molecule has 0 saturated carbocycles. The lowest BCUT2D eigenvalue weighted by molar-refractivity contribution is 0.761. The Bertz CT molecular complexity index is 690. The molecular weight excluding hydrogens is 248 g/mol. The molecule has 0 aliphatic rings. The lowest BCUT2D eigenvalue weighted by atomic mass is 10.1. The van der Waals surface area contributed by atoms with Crippen LogP contribution in [0, 0.1) is 0 Å². The second kappa shape index (κ2) is 4.38. The first-order chi connectivity index (χ1) is 8.75. The van der Waals surface area contributed by atoms with Crippen LogP contribution >= 0.6 is 11.6 Å². The molecule has 0 saturated heterocycles. The van der Waals surface area contributed by atoms with E-state index < -0.39 is 0 Å². The number of rotatable bonds is 2. The van der Waals surface area contributed by atoms with E-state index in [0.29, 0.717) is 5.82 Å². The van der Waals surface area contributed by atoms with Gasteiger partial charge in [-0.1, -0.05) is 30.3 Å². The molecule has 0 aliphatic heterocycles. The third-order valence-corrected chi connectivity index (χ3v) is 3.02. The zero-order valence-corrected chi connectivity index (χ0v) is 10.5. The highest BCUT2D eigenvalue weighted by atomic mass is 35.5. The molecule has 2 aromatic carbocycles. The number of hydrogen-bond donors (Lipinski definition) is 0. The molecule has 0 N–H and O–H groups in total. The minimum atomic E-state index is -0.230. The molecule has 1 aromatic heterocycles. The number of fused-ring (bicyclic) bond motifs is 1. The van der Waals surface area contributed by atoms with Crippen molar-refractivity contribution in [3.63, 3.8) is 0 Å². The first kappa shape index (κ1) is 11.2. The summed E-state index contributed by atoms with van der Waals surface area (Å²) in [5, 5.41) is 13.7. The van der Waals surface area contributed by atoms with Gasteiger partial charge in [-0.3, -0.25) is 0 Å². The smallest absolute Gasteiger partial charge is 0.174 e. The summed E-state index contributed by atoms with van der Waals surface area (Å²) in [6, 6.07) is 14.3. The molecule has 0 spiro atoms.